The fourth-order valence-corrected chi connectivity index (χ4v) is 1.47. The van der Waals surface area contributed by atoms with E-state index in [0.29, 0.717) is 12.7 Å². The Morgan fingerprint density at radius 1 is 1.40 bits per heavy atom. The van der Waals surface area contributed by atoms with Crippen LogP contribution in [-0.2, 0) is 9.59 Å². The zero-order valence-corrected chi connectivity index (χ0v) is 8.35. The lowest BCUT2D eigenvalue weighted by Crippen LogP contribution is -2.07. The van der Waals surface area contributed by atoms with Gasteiger partial charge in [-0.1, -0.05) is 30.3 Å². The number of hydrogen-bond acceptors (Lipinski definition) is 2. The van der Waals surface area contributed by atoms with Crippen molar-refractivity contribution in [2.24, 2.45) is 0 Å². The first-order chi connectivity index (χ1) is 7.27. The predicted octanol–water partition coefficient (Wildman–Crippen LogP) is 1.95. The van der Waals surface area contributed by atoms with E-state index in [0.717, 1.165) is 5.56 Å². The summed E-state index contributed by atoms with van der Waals surface area (Å²) in [5.41, 5.74) is 1.01. The van der Waals surface area contributed by atoms with Crippen molar-refractivity contribution in [1.29, 1.82) is 0 Å². The Bertz CT molecular complexity index is 373. The van der Waals surface area contributed by atoms with Crippen molar-refractivity contribution in [3.05, 3.63) is 35.9 Å². The van der Waals surface area contributed by atoms with Gasteiger partial charge in [-0.3, -0.25) is 9.59 Å². The van der Waals surface area contributed by atoms with Crippen LogP contribution in [0.15, 0.2) is 30.3 Å². The first kappa shape index (κ1) is 11.2. The molecule has 2 nitrogen and oxygen atoms in total. The smallest absolute Gasteiger partial charge is 0.195 e. The minimum atomic E-state index is -0.404. The highest BCUT2D eigenvalue weighted by molar-refractivity contribution is 6.25. The van der Waals surface area contributed by atoms with Crippen LogP contribution in [0.3, 0.4) is 0 Å². The molecule has 0 aliphatic rings. The molecule has 1 unspecified atom stereocenters. The number of hydrogen-bond donors (Lipinski definition) is 0. The molecule has 0 heterocycles. The van der Waals surface area contributed by atoms with Crippen molar-refractivity contribution in [1.82, 2.24) is 0 Å². The second-order valence-corrected chi connectivity index (χ2v) is 3.30. The Morgan fingerprint density at radius 3 is 2.60 bits per heavy atom. The van der Waals surface area contributed by atoms with E-state index in [1.165, 1.54) is 0 Å². The molecule has 1 aromatic rings. The lowest BCUT2D eigenvalue weighted by atomic mass is 9.91. The van der Waals surface area contributed by atoms with Crippen LogP contribution in [0.25, 0.3) is 0 Å². The quantitative estimate of drug-likeness (QED) is 0.413. The van der Waals surface area contributed by atoms with Crippen LogP contribution >= 0.6 is 0 Å². The highest BCUT2D eigenvalue weighted by Crippen LogP contribution is 2.22. The third-order valence-electron chi connectivity index (χ3n) is 2.21. The molecule has 15 heavy (non-hydrogen) atoms. The van der Waals surface area contributed by atoms with Crippen molar-refractivity contribution >= 4 is 12.1 Å². The Morgan fingerprint density at radius 2 is 2.07 bits per heavy atom. The SMILES string of the molecule is C#CCC(CC(=O)C=O)c1ccccc1. The van der Waals surface area contributed by atoms with Gasteiger partial charge in [-0.2, -0.15) is 0 Å². The zero-order chi connectivity index (χ0) is 11.1. The zero-order valence-electron chi connectivity index (χ0n) is 8.35. The second kappa shape index (κ2) is 5.77. The van der Waals surface area contributed by atoms with E-state index < -0.39 is 5.78 Å². The van der Waals surface area contributed by atoms with Gasteiger partial charge in [0.1, 0.15) is 0 Å². The highest BCUT2D eigenvalue weighted by Gasteiger charge is 2.14. The molecule has 0 bridgehead atoms. The second-order valence-electron chi connectivity index (χ2n) is 3.30. The normalized spacial score (nSPS) is 11.4. The van der Waals surface area contributed by atoms with E-state index in [2.05, 4.69) is 5.92 Å². The van der Waals surface area contributed by atoms with Gasteiger partial charge in [-0.25, -0.2) is 0 Å². The van der Waals surface area contributed by atoms with E-state index in [9.17, 15) is 9.59 Å². The number of rotatable bonds is 5. The third kappa shape index (κ3) is 3.40. The minimum absolute atomic E-state index is 0.0473. The molecule has 0 aromatic heterocycles. The van der Waals surface area contributed by atoms with Gasteiger partial charge < -0.3 is 0 Å². The number of carbonyl (C=O) groups is 2. The van der Waals surface area contributed by atoms with Gasteiger partial charge in [-0.05, 0) is 5.56 Å². The summed E-state index contributed by atoms with van der Waals surface area (Å²) in [6.07, 6.45) is 6.26. The van der Waals surface area contributed by atoms with Gasteiger partial charge in [0, 0.05) is 18.8 Å². The Balaban J connectivity index is 2.79. The summed E-state index contributed by atoms with van der Waals surface area (Å²) in [5, 5.41) is 0. The van der Waals surface area contributed by atoms with E-state index in [1.54, 1.807) is 0 Å². The number of ketones is 1. The molecule has 0 saturated carbocycles. The molecule has 1 aromatic carbocycles. The van der Waals surface area contributed by atoms with Crippen molar-refractivity contribution in [2.75, 3.05) is 0 Å². The lowest BCUT2D eigenvalue weighted by Gasteiger charge is -2.11. The summed E-state index contributed by atoms with van der Waals surface area (Å²) < 4.78 is 0. The molecular weight excluding hydrogens is 188 g/mol. The Kier molecular flexibility index (Phi) is 4.30. The summed E-state index contributed by atoms with van der Waals surface area (Å²) in [5.74, 6) is 2.08. The Hall–Kier alpha value is -1.88. The lowest BCUT2D eigenvalue weighted by molar-refractivity contribution is -0.130. The van der Waals surface area contributed by atoms with E-state index in [1.807, 2.05) is 30.3 Å². The number of terminal acetylenes is 1. The molecule has 2 heteroatoms. The first-order valence-electron chi connectivity index (χ1n) is 4.74. The average molecular weight is 200 g/mol. The summed E-state index contributed by atoms with van der Waals surface area (Å²) in [4.78, 5) is 21.3. The number of aldehydes is 1. The molecule has 0 spiro atoms. The molecular formula is C13H12O2. The largest absolute Gasteiger partial charge is 0.295 e. The fourth-order valence-electron chi connectivity index (χ4n) is 1.47. The van der Waals surface area contributed by atoms with Gasteiger partial charge in [-0.15, -0.1) is 12.3 Å². The summed E-state index contributed by atoms with van der Waals surface area (Å²) in [6, 6.07) is 9.52. The van der Waals surface area contributed by atoms with Crippen LogP contribution in [0, 0.1) is 12.3 Å². The van der Waals surface area contributed by atoms with Gasteiger partial charge in [0.2, 0.25) is 0 Å². The Labute approximate surface area is 89.3 Å². The van der Waals surface area contributed by atoms with Gasteiger partial charge in [0.15, 0.2) is 12.1 Å². The molecule has 0 fully saturated rings. The van der Waals surface area contributed by atoms with Gasteiger partial charge >= 0.3 is 0 Å². The fraction of sp³-hybridized carbons (Fsp3) is 0.231. The molecule has 1 atom stereocenters. The van der Waals surface area contributed by atoms with Gasteiger partial charge in [0.25, 0.3) is 0 Å². The average Bonchev–Trinajstić information content (AvgIpc) is 2.29. The summed E-state index contributed by atoms with van der Waals surface area (Å²) in [7, 11) is 0. The highest BCUT2D eigenvalue weighted by atomic mass is 16.2. The maximum absolute atomic E-state index is 11.0. The monoisotopic (exact) mass is 200 g/mol. The minimum Gasteiger partial charge on any atom is -0.295 e. The van der Waals surface area contributed by atoms with E-state index in [4.69, 9.17) is 6.42 Å². The molecule has 0 amide bonds. The standard InChI is InChI=1S/C13H12O2/c1-2-6-12(9-13(15)10-14)11-7-4-3-5-8-11/h1,3-5,7-8,10,12H,6,9H2. The van der Waals surface area contributed by atoms with Crippen LogP contribution in [0.5, 0.6) is 0 Å². The third-order valence-corrected chi connectivity index (χ3v) is 2.21. The maximum Gasteiger partial charge on any atom is 0.195 e. The van der Waals surface area contributed by atoms with E-state index >= 15 is 0 Å². The molecule has 0 saturated heterocycles. The first-order valence-corrected chi connectivity index (χ1v) is 4.74. The van der Waals surface area contributed by atoms with Crippen molar-refractivity contribution < 1.29 is 9.59 Å². The maximum atomic E-state index is 11.0. The van der Waals surface area contributed by atoms with Crippen LogP contribution in [0.1, 0.15) is 24.3 Å². The number of carbonyl (C=O) groups excluding carboxylic acids is 2. The molecule has 76 valence electrons. The van der Waals surface area contributed by atoms with Crippen LogP contribution < -0.4 is 0 Å². The van der Waals surface area contributed by atoms with Crippen molar-refractivity contribution in [2.45, 2.75) is 18.8 Å². The topological polar surface area (TPSA) is 34.1 Å². The summed E-state index contributed by atoms with van der Waals surface area (Å²) in [6.45, 7) is 0. The number of benzene rings is 1. The molecule has 0 aliphatic heterocycles. The van der Waals surface area contributed by atoms with Crippen LogP contribution in [-0.4, -0.2) is 12.1 Å². The predicted molar refractivity (Wildman–Crippen MR) is 58.3 cm³/mol. The van der Waals surface area contributed by atoms with Crippen LogP contribution in [0.4, 0.5) is 0 Å². The summed E-state index contributed by atoms with van der Waals surface area (Å²) >= 11 is 0. The molecule has 1 rings (SSSR count). The van der Waals surface area contributed by atoms with Crippen molar-refractivity contribution in [3.8, 4) is 12.3 Å². The molecule has 0 N–H and O–H groups in total. The van der Waals surface area contributed by atoms with E-state index in [-0.39, 0.29) is 12.3 Å². The molecule has 0 aliphatic carbocycles. The number of Topliss-reactive ketones (excluding diaryl/α,β-unsaturated/α-hetero) is 1. The van der Waals surface area contributed by atoms with Gasteiger partial charge in [0.05, 0.1) is 0 Å². The van der Waals surface area contributed by atoms with Crippen LogP contribution in [0.2, 0.25) is 0 Å². The molecule has 0 radical (unpaired) electrons. The van der Waals surface area contributed by atoms with Crippen molar-refractivity contribution in [3.63, 3.8) is 0 Å².